The van der Waals surface area contributed by atoms with E-state index in [2.05, 4.69) is 28.2 Å². The molecule has 0 saturated heterocycles. The largest absolute Gasteiger partial charge is 0.384 e. The van der Waals surface area contributed by atoms with E-state index in [1.54, 1.807) is 6.07 Å². The van der Waals surface area contributed by atoms with Gasteiger partial charge in [0.25, 0.3) is 0 Å². The van der Waals surface area contributed by atoms with Gasteiger partial charge in [-0.05, 0) is 40.5 Å². The fraction of sp³-hybridized carbons (Fsp3) is 0.333. The third-order valence-electron chi connectivity index (χ3n) is 1.83. The Balaban J connectivity index is 2.99. The van der Waals surface area contributed by atoms with E-state index >= 15 is 0 Å². The molecule has 0 heterocycles. The zero-order valence-electron chi connectivity index (χ0n) is 8.33. The van der Waals surface area contributed by atoms with Gasteiger partial charge in [-0.1, -0.05) is 6.92 Å². The summed E-state index contributed by atoms with van der Waals surface area (Å²) in [6.45, 7) is 2.90. The molecular formula is C9H13BrN2O2S. The van der Waals surface area contributed by atoms with Gasteiger partial charge < -0.3 is 5.32 Å². The molecule has 0 saturated carbocycles. The Labute approximate surface area is 98.0 Å². The van der Waals surface area contributed by atoms with E-state index in [0.29, 0.717) is 4.47 Å². The standard InChI is InChI=1S/C9H13BrN2O2S/c1-2-5-12-9-4-3-7(6-8(9)10)15(11,13)14/h3-4,6,12H,2,5H2,1H3,(H2,11,13,14). The minimum absolute atomic E-state index is 0.108. The Morgan fingerprint density at radius 3 is 2.60 bits per heavy atom. The summed E-state index contributed by atoms with van der Waals surface area (Å²) in [7, 11) is -3.62. The lowest BCUT2D eigenvalue weighted by atomic mass is 10.3. The number of sulfonamides is 1. The number of benzene rings is 1. The maximum absolute atomic E-state index is 11.0. The van der Waals surface area contributed by atoms with Gasteiger partial charge in [0.2, 0.25) is 10.0 Å². The predicted octanol–water partition coefficient (Wildman–Crippen LogP) is 1.92. The van der Waals surface area contributed by atoms with Crippen molar-refractivity contribution in [3.05, 3.63) is 22.7 Å². The van der Waals surface area contributed by atoms with Crippen molar-refractivity contribution in [2.45, 2.75) is 18.2 Å². The topological polar surface area (TPSA) is 72.2 Å². The summed E-state index contributed by atoms with van der Waals surface area (Å²) >= 11 is 3.29. The van der Waals surface area contributed by atoms with E-state index in [1.165, 1.54) is 12.1 Å². The van der Waals surface area contributed by atoms with E-state index in [-0.39, 0.29) is 4.90 Å². The van der Waals surface area contributed by atoms with Gasteiger partial charge in [0, 0.05) is 16.7 Å². The van der Waals surface area contributed by atoms with Crippen LogP contribution in [0.3, 0.4) is 0 Å². The first-order valence-electron chi connectivity index (χ1n) is 4.51. The lowest BCUT2D eigenvalue weighted by molar-refractivity contribution is 0.598. The first-order valence-corrected chi connectivity index (χ1v) is 6.85. The van der Waals surface area contributed by atoms with Crippen LogP contribution < -0.4 is 10.5 Å². The van der Waals surface area contributed by atoms with Crippen molar-refractivity contribution in [2.75, 3.05) is 11.9 Å². The highest BCUT2D eigenvalue weighted by atomic mass is 79.9. The number of anilines is 1. The lowest BCUT2D eigenvalue weighted by Gasteiger charge is -2.08. The summed E-state index contributed by atoms with van der Waals surface area (Å²) in [5.41, 5.74) is 0.865. The van der Waals surface area contributed by atoms with Crippen molar-refractivity contribution in [1.82, 2.24) is 0 Å². The smallest absolute Gasteiger partial charge is 0.238 e. The van der Waals surface area contributed by atoms with Crippen LogP contribution in [0.4, 0.5) is 5.69 Å². The monoisotopic (exact) mass is 292 g/mol. The van der Waals surface area contributed by atoms with Gasteiger partial charge in [0.05, 0.1) is 4.90 Å². The molecule has 0 fully saturated rings. The molecule has 0 aliphatic carbocycles. The highest BCUT2D eigenvalue weighted by Gasteiger charge is 2.09. The van der Waals surface area contributed by atoms with E-state index in [4.69, 9.17) is 5.14 Å². The van der Waals surface area contributed by atoms with Crippen LogP contribution in [0, 0.1) is 0 Å². The molecule has 0 amide bonds. The molecule has 0 aliphatic rings. The molecule has 0 aliphatic heterocycles. The van der Waals surface area contributed by atoms with Crippen LogP contribution >= 0.6 is 15.9 Å². The minimum atomic E-state index is -3.62. The quantitative estimate of drug-likeness (QED) is 0.890. The van der Waals surface area contributed by atoms with Gasteiger partial charge in [-0.3, -0.25) is 0 Å². The zero-order chi connectivity index (χ0) is 11.5. The number of hydrogen-bond donors (Lipinski definition) is 2. The molecule has 0 bridgehead atoms. The normalized spacial score (nSPS) is 11.4. The number of nitrogens with one attached hydrogen (secondary N) is 1. The molecule has 6 heteroatoms. The Kier molecular flexibility index (Phi) is 4.12. The number of hydrogen-bond acceptors (Lipinski definition) is 3. The van der Waals surface area contributed by atoms with Crippen molar-refractivity contribution < 1.29 is 8.42 Å². The van der Waals surface area contributed by atoms with Crippen LogP contribution in [0.5, 0.6) is 0 Å². The van der Waals surface area contributed by atoms with Crippen molar-refractivity contribution >= 4 is 31.6 Å². The molecule has 1 aromatic rings. The maximum atomic E-state index is 11.0. The summed E-state index contributed by atoms with van der Waals surface area (Å²) in [4.78, 5) is 0.108. The van der Waals surface area contributed by atoms with Gasteiger partial charge in [-0.25, -0.2) is 13.6 Å². The Bertz CT molecular complexity index is 445. The molecule has 0 atom stereocenters. The van der Waals surface area contributed by atoms with Crippen LogP contribution in [0.15, 0.2) is 27.6 Å². The van der Waals surface area contributed by atoms with Crippen LogP contribution in [0.1, 0.15) is 13.3 Å². The zero-order valence-corrected chi connectivity index (χ0v) is 10.7. The van der Waals surface area contributed by atoms with Gasteiger partial charge in [-0.15, -0.1) is 0 Å². The SMILES string of the molecule is CCCNc1ccc(S(N)(=O)=O)cc1Br. The van der Waals surface area contributed by atoms with Crippen molar-refractivity contribution in [3.8, 4) is 0 Å². The van der Waals surface area contributed by atoms with Crippen molar-refractivity contribution in [3.63, 3.8) is 0 Å². The molecule has 1 rings (SSSR count). The van der Waals surface area contributed by atoms with Gasteiger partial charge in [-0.2, -0.15) is 0 Å². The summed E-state index contributed by atoms with van der Waals surface area (Å²) in [6, 6.07) is 4.67. The Hall–Kier alpha value is -0.590. The molecule has 0 unspecified atom stereocenters. The number of nitrogens with two attached hydrogens (primary N) is 1. The van der Waals surface area contributed by atoms with Crippen LogP contribution in [-0.4, -0.2) is 15.0 Å². The van der Waals surface area contributed by atoms with Gasteiger partial charge in [0.15, 0.2) is 0 Å². The molecule has 4 nitrogen and oxygen atoms in total. The molecular weight excluding hydrogens is 280 g/mol. The van der Waals surface area contributed by atoms with Crippen LogP contribution in [0.2, 0.25) is 0 Å². The van der Waals surface area contributed by atoms with Crippen molar-refractivity contribution in [1.29, 1.82) is 0 Å². The Morgan fingerprint density at radius 1 is 1.47 bits per heavy atom. The second kappa shape index (κ2) is 4.96. The first kappa shape index (κ1) is 12.5. The highest BCUT2D eigenvalue weighted by Crippen LogP contribution is 2.25. The van der Waals surface area contributed by atoms with E-state index < -0.39 is 10.0 Å². The number of rotatable bonds is 4. The van der Waals surface area contributed by atoms with Gasteiger partial charge in [0.1, 0.15) is 0 Å². The number of halogens is 1. The molecule has 1 aromatic carbocycles. The molecule has 0 spiro atoms. The highest BCUT2D eigenvalue weighted by molar-refractivity contribution is 9.10. The lowest BCUT2D eigenvalue weighted by Crippen LogP contribution is -2.12. The van der Waals surface area contributed by atoms with E-state index in [1.807, 2.05) is 0 Å². The summed E-state index contributed by atoms with van der Waals surface area (Å²) in [5.74, 6) is 0. The second-order valence-corrected chi connectivity index (χ2v) is 5.53. The fourth-order valence-electron chi connectivity index (χ4n) is 1.08. The third kappa shape index (κ3) is 3.48. The van der Waals surface area contributed by atoms with Crippen molar-refractivity contribution in [2.24, 2.45) is 5.14 Å². The maximum Gasteiger partial charge on any atom is 0.238 e. The average Bonchev–Trinajstić information content (AvgIpc) is 2.14. The Morgan fingerprint density at radius 2 is 2.13 bits per heavy atom. The molecule has 0 radical (unpaired) electrons. The predicted molar refractivity (Wildman–Crippen MR) is 64.3 cm³/mol. The van der Waals surface area contributed by atoms with Gasteiger partial charge >= 0.3 is 0 Å². The van der Waals surface area contributed by atoms with Crippen LogP contribution in [0.25, 0.3) is 0 Å². The molecule has 0 aromatic heterocycles. The first-order chi connectivity index (χ1) is 6.95. The van der Waals surface area contributed by atoms with E-state index in [0.717, 1.165) is 18.7 Å². The minimum Gasteiger partial charge on any atom is -0.384 e. The fourth-order valence-corrected chi connectivity index (χ4v) is 2.29. The number of primary sulfonamides is 1. The third-order valence-corrected chi connectivity index (χ3v) is 3.40. The second-order valence-electron chi connectivity index (χ2n) is 3.11. The summed E-state index contributed by atoms with van der Waals surface area (Å²) in [5, 5.41) is 8.17. The van der Waals surface area contributed by atoms with Crippen LogP contribution in [-0.2, 0) is 10.0 Å². The molecule has 15 heavy (non-hydrogen) atoms. The molecule has 84 valence electrons. The molecule has 3 N–H and O–H groups in total. The van der Waals surface area contributed by atoms with E-state index in [9.17, 15) is 8.42 Å². The average molecular weight is 293 g/mol. The summed E-state index contributed by atoms with van der Waals surface area (Å²) < 4.78 is 22.8. The summed E-state index contributed by atoms with van der Waals surface area (Å²) in [6.07, 6.45) is 1.00.